The minimum absolute atomic E-state index is 0.217. The van der Waals surface area contributed by atoms with Gasteiger partial charge >= 0.3 is 0 Å². The molecule has 2 aromatic rings. The first-order chi connectivity index (χ1) is 9.47. The van der Waals surface area contributed by atoms with Gasteiger partial charge in [-0.2, -0.15) is 0 Å². The van der Waals surface area contributed by atoms with Gasteiger partial charge in [-0.25, -0.2) is 4.98 Å². The van der Waals surface area contributed by atoms with Crippen LogP contribution in [0.15, 0.2) is 23.7 Å². The van der Waals surface area contributed by atoms with Crippen LogP contribution in [0.4, 0.5) is 11.5 Å². The second-order valence-electron chi connectivity index (χ2n) is 4.12. The van der Waals surface area contributed by atoms with E-state index in [4.69, 9.17) is 11.6 Å². The van der Waals surface area contributed by atoms with Crippen molar-refractivity contribution in [1.82, 2.24) is 4.98 Å². The predicted octanol–water partition coefficient (Wildman–Crippen LogP) is 3.32. The molecule has 2 N–H and O–H groups in total. The number of halogens is 1. The third-order valence-corrected chi connectivity index (χ3v) is 3.77. The molecule has 0 saturated heterocycles. The fourth-order valence-corrected chi connectivity index (χ4v) is 2.58. The summed E-state index contributed by atoms with van der Waals surface area (Å²) in [5.74, 6) is -0.133. The average molecular weight is 310 g/mol. The summed E-state index contributed by atoms with van der Waals surface area (Å²) < 4.78 is 0. The number of carbonyl (C=O) groups excluding carboxylic acids is 2. The van der Waals surface area contributed by atoms with Gasteiger partial charge in [0.15, 0.2) is 0 Å². The largest absolute Gasteiger partial charge is 0.325 e. The van der Waals surface area contributed by atoms with Gasteiger partial charge in [0.2, 0.25) is 5.91 Å². The van der Waals surface area contributed by atoms with Gasteiger partial charge < -0.3 is 10.6 Å². The first-order valence-electron chi connectivity index (χ1n) is 5.76. The number of aromatic nitrogens is 1. The Morgan fingerprint density at radius 3 is 2.65 bits per heavy atom. The number of hydrogen-bond donors (Lipinski definition) is 2. The summed E-state index contributed by atoms with van der Waals surface area (Å²) in [7, 11) is 0. The number of anilines is 2. The zero-order valence-electron chi connectivity index (χ0n) is 10.9. The number of carbonyl (C=O) groups is 2. The second kappa shape index (κ2) is 6.02. The van der Waals surface area contributed by atoms with E-state index in [0.717, 1.165) is 5.56 Å². The van der Waals surface area contributed by atoms with Gasteiger partial charge in [-0.15, -0.1) is 11.3 Å². The van der Waals surface area contributed by atoms with Gasteiger partial charge in [-0.05, 0) is 30.0 Å². The van der Waals surface area contributed by atoms with Crippen LogP contribution in [0.1, 0.15) is 22.2 Å². The molecule has 0 saturated carbocycles. The van der Waals surface area contributed by atoms with Crippen molar-refractivity contribution in [2.75, 3.05) is 10.6 Å². The molecule has 0 unspecified atom stereocenters. The molecule has 2 heterocycles. The smallest absolute Gasteiger partial charge is 0.269 e. The molecule has 0 aliphatic heterocycles. The van der Waals surface area contributed by atoms with E-state index in [2.05, 4.69) is 15.6 Å². The zero-order chi connectivity index (χ0) is 14.7. The van der Waals surface area contributed by atoms with Crippen molar-refractivity contribution in [2.24, 2.45) is 0 Å². The molecule has 5 nitrogen and oxygen atoms in total. The third kappa shape index (κ3) is 3.34. The highest BCUT2D eigenvalue weighted by atomic mass is 35.5. The average Bonchev–Trinajstić information content (AvgIpc) is 2.73. The molecule has 104 valence electrons. The normalized spacial score (nSPS) is 10.2. The van der Waals surface area contributed by atoms with E-state index >= 15 is 0 Å². The molecule has 0 radical (unpaired) electrons. The highest BCUT2D eigenvalue weighted by molar-refractivity contribution is 7.13. The number of hydrogen-bond acceptors (Lipinski definition) is 4. The maximum absolute atomic E-state index is 12.2. The van der Waals surface area contributed by atoms with Crippen LogP contribution >= 0.6 is 22.9 Å². The summed E-state index contributed by atoms with van der Waals surface area (Å²) >= 11 is 7.00. The fourth-order valence-electron chi connectivity index (χ4n) is 1.57. The lowest BCUT2D eigenvalue weighted by Gasteiger charge is -2.07. The summed E-state index contributed by atoms with van der Waals surface area (Å²) in [4.78, 5) is 27.8. The van der Waals surface area contributed by atoms with E-state index in [1.807, 2.05) is 12.3 Å². The highest BCUT2D eigenvalue weighted by Crippen LogP contribution is 2.28. The lowest BCUT2D eigenvalue weighted by molar-refractivity contribution is -0.114. The van der Waals surface area contributed by atoms with E-state index in [1.165, 1.54) is 24.5 Å². The van der Waals surface area contributed by atoms with E-state index in [0.29, 0.717) is 21.4 Å². The van der Waals surface area contributed by atoms with Gasteiger partial charge in [0.25, 0.3) is 5.91 Å². The Hall–Kier alpha value is -1.92. The van der Waals surface area contributed by atoms with E-state index in [1.54, 1.807) is 12.1 Å². The molecular weight excluding hydrogens is 298 g/mol. The predicted molar refractivity (Wildman–Crippen MR) is 80.6 cm³/mol. The van der Waals surface area contributed by atoms with Crippen molar-refractivity contribution in [1.29, 1.82) is 0 Å². The Labute approximate surface area is 125 Å². The van der Waals surface area contributed by atoms with Crippen molar-refractivity contribution in [2.45, 2.75) is 13.8 Å². The molecule has 0 aromatic carbocycles. The number of thiophene rings is 1. The number of nitrogens with zero attached hydrogens (tertiary/aromatic N) is 1. The number of nitrogens with one attached hydrogen (secondary N) is 2. The minimum Gasteiger partial charge on any atom is -0.325 e. The molecule has 2 rings (SSSR count). The Kier molecular flexibility index (Phi) is 4.36. The summed E-state index contributed by atoms with van der Waals surface area (Å²) in [6.07, 6.45) is 1.45. The second-order valence-corrected chi connectivity index (χ2v) is 5.44. The Morgan fingerprint density at radius 1 is 1.30 bits per heavy atom. The van der Waals surface area contributed by atoms with Crippen molar-refractivity contribution in [3.8, 4) is 0 Å². The van der Waals surface area contributed by atoms with E-state index < -0.39 is 0 Å². The topological polar surface area (TPSA) is 71.1 Å². The number of rotatable bonds is 3. The molecule has 2 amide bonds. The molecule has 7 heteroatoms. The van der Waals surface area contributed by atoms with Crippen molar-refractivity contribution < 1.29 is 9.59 Å². The van der Waals surface area contributed by atoms with Crippen molar-refractivity contribution in [3.05, 3.63) is 39.2 Å². The van der Waals surface area contributed by atoms with Gasteiger partial charge in [0.05, 0.1) is 10.7 Å². The maximum Gasteiger partial charge on any atom is 0.269 e. The van der Waals surface area contributed by atoms with Crippen LogP contribution in [-0.2, 0) is 4.79 Å². The number of aryl methyl sites for hydroxylation is 1. The lowest BCUT2D eigenvalue weighted by Crippen LogP contribution is -2.15. The summed E-state index contributed by atoms with van der Waals surface area (Å²) in [5, 5.41) is 7.64. The van der Waals surface area contributed by atoms with Crippen LogP contribution in [0.3, 0.4) is 0 Å². The van der Waals surface area contributed by atoms with Gasteiger partial charge in [0.1, 0.15) is 10.7 Å². The van der Waals surface area contributed by atoms with Crippen LogP contribution < -0.4 is 10.6 Å². The van der Waals surface area contributed by atoms with Gasteiger partial charge in [-0.1, -0.05) is 11.6 Å². The lowest BCUT2D eigenvalue weighted by atomic mass is 10.2. The number of pyridine rings is 1. The first-order valence-corrected chi connectivity index (χ1v) is 7.01. The Morgan fingerprint density at radius 2 is 2.05 bits per heavy atom. The van der Waals surface area contributed by atoms with Crippen LogP contribution in [0.2, 0.25) is 5.02 Å². The molecule has 2 aromatic heterocycles. The highest BCUT2D eigenvalue weighted by Gasteiger charge is 2.17. The molecule has 0 bridgehead atoms. The molecule has 0 aliphatic rings. The van der Waals surface area contributed by atoms with Gasteiger partial charge in [0, 0.05) is 13.1 Å². The SMILES string of the molecule is CC(=O)Nc1c(C)csc1C(=O)Nc1ccc(Cl)cn1. The fraction of sp³-hybridized carbons (Fsp3) is 0.154. The first kappa shape index (κ1) is 14.5. The van der Waals surface area contributed by atoms with Crippen LogP contribution in [-0.4, -0.2) is 16.8 Å². The monoisotopic (exact) mass is 309 g/mol. The molecular formula is C13H12ClN3O2S. The van der Waals surface area contributed by atoms with Crippen LogP contribution in [0, 0.1) is 6.92 Å². The van der Waals surface area contributed by atoms with Gasteiger partial charge in [-0.3, -0.25) is 9.59 Å². The summed E-state index contributed by atoms with van der Waals surface area (Å²) in [6.45, 7) is 3.23. The van der Waals surface area contributed by atoms with Crippen molar-refractivity contribution in [3.63, 3.8) is 0 Å². The molecule has 0 atom stereocenters. The minimum atomic E-state index is -0.318. The Bertz CT molecular complexity index is 652. The zero-order valence-corrected chi connectivity index (χ0v) is 12.4. The molecule has 0 fully saturated rings. The molecule has 20 heavy (non-hydrogen) atoms. The molecule has 0 spiro atoms. The molecule has 0 aliphatic carbocycles. The maximum atomic E-state index is 12.2. The number of amides is 2. The third-order valence-electron chi connectivity index (χ3n) is 2.45. The van der Waals surface area contributed by atoms with Crippen LogP contribution in [0.25, 0.3) is 0 Å². The Balaban J connectivity index is 2.21. The summed E-state index contributed by atoms with van der Waals surface area (Å²) in [5.41, 5.74) is 1.38. The summed E-state index contributed by atoms with van der Waals surface area (Å²) in [6, 6.07) is 3.25. The van der Waals surface area contributed by atoms with Crippen LogP contribution in [0.5, 0.6) is 0 Å². The quantitative estimate of drug-likeness (QED) is 0.913. The van der Waals surface area contributed by atoms with Crippen molar-refractivity contribution >= 4 is 46.3 Å². The van der Waals surface area contributed by atoms with E-state index in [9.17, 15) is 9.59 Å². The standard InChI is InChI=1S/C13H12ClN3O2S/c1-7-6-20-12(11(7)16-8(2)18)13(19)17-10-4-3-9(14)5-15-10/h3-6H,1-2H3,(H,16,18)(H,15,17,19). The van der Waals surface area contributed by atoms with E-state index in [-0.39, 0.29) is 11.8 Å².